The molecule has 0 radical (unpaired) electrons. The number of hydrogen-bond acceptors (Lipinski definition) is 12. The Kier molecular flexibility index (Phi) is 31.3. The third-order valence-corrected chi connectivity index (χ3v) is 8.58. The second-order valence-corrected chi connectivity index (χ2v) is 13.6. The Morgan fingerprint density at radius 1 is 0.644 bits per heavy atom. The number of esters is 2. The van der Waals surface area contributed by atoms with Gasteiger partial charge in [-0.25, -0.2) is 8.42 Å². The maximum Gasteiger partial charge on any atom is 2.00 e. The second-order valence-electron chi connectivity index (χ2n) is 10.4. The number of carbonyl (C=O) groups excluding carboxylic acids is 3. The first-order valence-electron chi connectivity index (χ1n) is 15.2. The van der Waals surface area contributed by atoms with Crippen molar-refractivity contribution in [3.8, 4) is 0 Å². The van der Waals surface area contributed by atoms with Crippen LogP contribution in [0.5, 0.6) is 0 Å². The van der Waals surface area contributed by atoms with Crippen molar-refractivity contribution in [2.75, 3.05) is 13.2 Å². The van der Waals surface area contributed by atoms with E-state index in [0.717, 1.165) is 38.5 Å². The average molecular weight is 715 g/mol. The minimum atomic E-state index is -5.12. The fourth-order valence-corrected chi connectivity index (χ4v) is 5.15. The van der Waals surface area contributed by atoms with Gasteiger partial charge in [-0.1, -0.05) is 104 Å². The topological polar surface area (TPSA) is 242 Å². The van der Waals surface area contributed by atoms with Gasteiger partial charge >= 0.3 is 55.6 Å². The molecular formula is C28H50CaO14S2. The molecule has 260 valence electrons. The molecule has 0 rings (SSSR count). The van der Waals surface area contributed by atoms with Crippen LogP contribution < -0.4 is 5.11 Å². The van der Waals surface area contributed by atoms with Gasteiger partial charge in [-0.2, -0.15) is 8.42 Å². The first kappa shape index (κ1) is 48.4. The molecule has 0 fully saturated rings. The maximum absolute atomic E-state index is 11.5. The van der Waals surface area contributed by atoms with Gasteiger partial charge in [0.2, 0.25) is 0 Å². The molecule has 0 aromatic carbocycles. The third-order valence-electron chi connectivity index (χ3n) is 6.45. The molecule has 2 unspecified atom stereocenters. The van der Waals surface area contributed by atoms with Crippen LogP contribution in [0.2, 0.25) is 0 Å². The number of carboxylic acids is 2. The number of carbonyl (C=O) groups is 4. The molecule has 0 aliphatic carbocycles. The molecule has 0 saturated carbocycles. The standard InChI is InChI=1S/2C14H26O7S.Ca/c1-2-3-4-5-6-7-8-9-10-21-13(15)11-12(14(16)17)22(18,19)20;1-2-3-4-5-6-7-8-9-10-21-14(17)12(11-13(15)16)22(18,19)20;/h12H,2-11H2,1H3,(H,16,17)(H,18,19,20);12H,2-11H2,1H3,(H,15,16)(H,18,19,20);/q;;+2/p-2. The fraction of sp³-hybridized carbons (Fsp3) is 0.857. The molecule has 2 N–H and O–H groups in total. The van der Waals surface area contributed by atoms with Crippen molar-refractivity contribution < 1.29 is 64.8 Å². The Morgan fingerprint density at radius 3 is 1.36 bits per heavy atom. The van der Waals surface area contributed by atoms with Crippen molar-refractivity contribution in [3.05, 3.63) is 0 Å². The summed E-state index contributed by atoms with van der Waals surface area (Å²) in [6.45, 7) is 4.42. The van der Waals surface area contributed by atoms with Gasteiger partial charge in [-0.3, -0.25) is 18.9 Å². The number of hydrogen-bond donors (Lipinski definition) is 2. The van der Waals surface area contributed by atoms with E-state index in [1.165, 1.54) is 51.4 Å². The molecule has 17 heteroatoms. The number of aliphatic carboxylic acids is 2. The molecule has 0 aromatic rings. The summed E-state index contributed by atoms with van der Waals surface area (Å²) in [4.78, 5) is 43.8. The third kappa shape index (κ3) is 30.1. The van der Waals surface area contributed by atoms with Crippen LogP contribution in [0.15, 0.2) is 0 Å². The molecule has 0 aliphatic heterocycles. The Hall–Kier alpha value is -1.04. The van der Waals surface area contributed by atoms with Gasteiger partial charge in [0.25, 0.3) is 10.1 Å². The van der Waals surface area contributed by atoms with Crippen LogP contribution in [-0.2, 0) is 48.9 Å². The van der Waals surface area contributed by atoms with Crippen LogP contribution in [0, 0.1) is 0 Å². The Morgan fingerprint density at radius 2 is 1.02 bits per heavy atom. The minimum absolute atomic E-state index is 0. The van der Waals surface area contributed by atoms with Crippen LogP contribution >= 0.6 is 0 Å². The van der Waals surface area contributed by atoms with E-state index in [-0.39, 0.29) is 51.0 Å². The van der Waals surface area contributed by atoms with Crippen LogP contribution in [0.1, 0.15) is 129 Å². The Bertz CT molecular complexity index is 1030. The number of unbranched alkanes of at least 4 members (excludes halogenated alkanes) is 14. The van der Waals surface area contributed by atoms with E-state index in [2.05, 4.69) is 13.8 Å². The summed E-state index contributed by atoms with van der Waals surface area (Å²) in [5.74, 6) is -5.81. The van der Waals surface area contributed by atoms with E-state index in [4.69, 9.17) is 19.1 Å². The summed E-state index contributed by atoms with van der Waals surface area (Å²) >= 11 is 0. The zero-order chi connectivity index (χ0) is 34.0. The zero-order valence-corrected chi connectivity index (χ0v) is 30.5. The van der Waals surface area contributed by atoms with Crippen molar-refractivity contribution in [3.63, 3.8) is 0 Å². The van der Waals surface area contributed by atoms with E-state index in [1.807, 2.05) is 0 Å². The molecule has 0 spiro atoms. The molecule has 0 heterocycles. The summed E-state index contributed by atoms with van der Waals surface area (Å²) in [7, 11) is -9.90. The molecule has 2 atom stereocenters. The average Bonchev–Trinajstić information content (AvgIpc) is 2.91. The quantitative estimate of drug-likeness (QED) is 0.0567. The fourth-order valence-electron chi connectivity index (χ4n) is 3.91. The minimum Gasteiger partial charge on any atom is -0.747 e. The van der Waals surface area contributed by atoms with Crippen LogP contribution in [0.4, 0.5) is 0 Å². The van der Waals surface area contributed by atoms with Crippen molar-refractivity contribution in [1.82, 2.24) is 0 Å². The van der Waals surface area contributed by atoms with Crippen molar-refractivity contribution in [2.24, 2.45) is 0 Å². The maximum atomic E-state index is 11.5. The molecule has 0 amide bonds. The van der Waals surface area contributed by atoms with Crippen LogP contribution in [0.3, 0.4) is 0 Å². The molecule has 0 saturated heterocycles. The van der Waals surface area contributed by atoms with E-state index in [9.17, 15) is 45.7 Å². The summed E-state index contributed by atoms with van der Waals surface area (Å²) < 4.78 is 72.2. The smallest absolute Gasteiger partial charge is 0.747 e. The van der Waals surface area contributed by atoms with Gasteiger partial charge in [0, 0.05) is 0 Å². The largest absolute Gasteiger partial charge is 2.00 e. The van der Waals surface area contributed by atoms with Crippen LogP contribution in [0.25, 0.3) is 0 Å². The number of carboxylic acid groups (broad SMARTS) is 2. The zero-order valence-electron chi connectivity index (χ0n) is 26.6. The van der Waals surface area contributed by atoms with Gasteiger partial charge in [0.05, 0.1) is 37.3 Å². The van der Waals surface area contributed by atoms with Gasteiger partial charge in [0.1, 0.15) is 10.1 Å². The first-order chi connectivity index (χ1) is 20.6. The predicted octanol–water partition coefficient (Wildman–Crippen LogP) is 2.74. The van der Waals surface area contributed by atoms with Crippen LogP contribution in [-0.4, -0.2) is 116 Å². The molecule has 0 aromatic heterocycles. The predicted molar refractivity (Wildman–Crippen MR) is 164 cm³/mol. The normalized spacial score (nSPS) is 12.5. The van der Waals surface area contributed by atoms with Crippen molar-refractivity contribution >= 4 is 81.9 Å². The van der Waals surface area contributed by atoms with Crippen molar-refractivity contribution in [2.45, 2.75) is 140 Å². The van der Waals surface area contributed by atoms with Gasteiger partial charge in [0.15, 0.2) is 5.25 Å². The summed E-state index contributed by atoms with van der Waals surface area (Å²) in [6, 6.07) is 0. The van der Waals surface area contributed by atoms with Gasteiger partial charge in [-0.15, -0.1) is 0 Å². The van der Waals surface area contributed by atoms with E-state index in [1.54, 1.807) is 0 Å². The number of ether oxygens (including phenoxy) is 2. The van der Waals surface area contributed by atoms with Gasteiger partial charge < -0.3 is 29.0 Å². The molecule has 0 aliphatic rings. The summed E-state index contributed by atoms with van der Waals surface area (Å²) in [5, 5.41) is 14.6. The van der Waals surface area contributed by atoms with E-state index in [0.29, 0.717) is 12.8 Å². The molecule has 14 nitrogen and oxygen atoms in total. The molecule has 45 heavy (non-hydrogen) atoms. The molecule has 0 bridgehead atoms. The van der Waals surface area contributed by atoms with E-state index < -0.39 is 67.5 Å². The Balaban J connectivity index is -0.000000767. The number of rotatable bonds is 26. The Labute approximate surface area is 297 Å². The van der Waals surface area contributed by atoms with Crippen molar-refractivity contribution in [1.29, 1.82) is 0 Å². The first-order valence-corrected chi connectivity index (χ1v) is 18.2. The van der Waals surface area contributed by atoms with E-state index >= 15 is 0 Å². The monoisotopic (exact) mass is 714 g/mol. The summed E-state index contributed by atoms with van der Waals surface area (Å²) in [5.41, 5.74) is 0. The SMILES string of the molecule is CCCCCCCCCCOC(=O)C(CC(=O)O)S(=O)(=O)O.CCCCCCCCCCOC(=O)CC(C(=O)[O-])S(=O)(=O)[O-].[Ca+2]. The second kappa shape index (κ2) is 29.1. The van der Waals surface area contributed by atoms with Gasteiger partial charge in [-0.05, 0) is 12.8 Å². The molecular weight excluding hydrogens is 665 g/mol. The summed E-state index contributed by atoms with van der Waals surface area (Å²) in [6.07, 6.45) is 14.9.